The number of benzene rings is 1. The van der Waals surface area contributed by atoms with Crippen LogP contribution in [-0.4, -0.2) is 4.98 Å². The van der Waals surface area contributed by atoms with E-state index >= 15 is 0 Å². The molecule has 0 saturated carbocycles. The van der Waals surface area contributed by atoms with Crippen LogP contribution >= 0.6 is 0 Å². The molecule has 0 amide bonds. The Bertz CT molecular complexity index is 556. The fraction of sp³-hybridized carbons (Fsp3) is 0.182. The molecule has 0 bridgehead atoms. The van der Waals surface area contributed by atoms with Gasteiger partial charge in [-0.1, -0.05) is 0 Å². The molecule has 3 nitrogen and oxygen atoms in total. The Morgan fingerprint density at radius 2 is 1.50 bits per heavy atom. The third-order valence-corrected chi connectivity index (χ3v) is 2.15. The molecule has 0 spiro atoms. The molecule has 0 atom stereocenters. The summed E-state index contributed by atoms with van der Waals surface area (Å²) in [6, 6.07) is 0.856. The summed E-state index contributed by atoms with van der Waals surface area (Å²) in [5.41, 5.74) is -2.96. The van der Waals surface area contributed by atoms with Gasteiger partial charge in [0.05, 0.1) is 11.1 Å². The van der Waals surface area contributed by atoms with Gasteiger partial charge in [0.15, 0.2) is 0 Å². The molecule has 1 aromatic heterocycles. The smallest absolute Gasteiger partial charge is 0.416 e. The average molecular weight is 296 g/mol. The Morgan fingerprint density at radius 1 is 0.950 bits per heavy atom. The molecule has 0 aliphatic heterocycles. The van der Waals surface area contributed by atoms with Crippen molar-refractivity contribution in [2.24, 2.45) is 0 Å². The Labute approximate surface area is 107 Å². The van der Waals surface area contributed by atoms with Crippen molar-refractivity contribution in [2.75, 3.05) is 0 Å². The zero-order chi connectivity index (χ0) is 15.0. The minimum atomic E-state index is -4.94. The van der Waals surface area contributed by atoms with Crippen molar-refractivity contribution in [3.05, 3.63) is 41.9 Å². The standard InChI is InChI=1S/C11H4F6NO2/c12-10(13,14)6-1-7(11(15,16)17)3-8(2-6)20-9-4-18-5-19-9/h1-4H. The lowest BCUT2D eigenvalue weighted by molar-refractivity contribution is -0.143. The van der Waals surface area contributed by atoms with E-state index in [0.717, 1.165) is 6.20 Å². The van der Waals surface area contributed by atoms with Crippen molar-refractivity contribution in [1.29, 1.82) is 0 Å². The van der Waals surface area contributed by atoms with Crippen LogP contribution in [0.4, 0.5) is 26.3 Å². The first-order valence-corrected chi connectivity index (χ1v) is 4.95. The number of ether oxygens (including phenoxy) is 1. The van der Waals surface area contributed by atoms with E-state index < -0.39 is 29.2 Å². The van der Waals surface area contributed by atoms with E-state index in [1.807, 2.05) is 6.39 Å². The van der Waals surface area contributed by atoms with Gasteiger partial charge in [0.25, 0.3) is 6.39 Å². The number of hydrogen-bond acceptors (Lipinski definition) is 3. The molecule has 20 heavy (non-hydrogen) atoms. The largest absolute Gasteiger partial charge is 0.425 e. The van der Waals surface area contributed by atoms with Crippen LogP contribution in [0.2, 0.25) is 0 Å². The van der Waals surface area contributed by atoms with Gasteiger partial charge in [-0.15, -0.1) is 0 Å². The van der Waals surface area contributed by atoms with E-state index in [2.05, 4.69) is 9.40 Å². The number of nitrogens with zero attached hydrogens (tertiary/aromatic N) is 1. The molecule has 2 aromatic rings. The summed E-state index contributed by atoms with van der Waals surface area (Å²) in [6.45, 7) is 0. The second kappa shape index (κ2) is 4.73. The molecule has 0 saturated heterocycles. The van der Waals surface area contributed by atoms with Crippen LogP contribution in [0.5, 0.6) is 11.7 Å². The van der Waals surface area contributed by atoms with E-state index in [9.17, 15) is 26.3 Å². The van der Waals surface area contributed by atoms with Crippen molar-refractivity contribution in [3.63, 3.8) is 0 Å². The lowest BCUT2D eigenvalue weighted by Gasteiger charge is -2.13. The predicted molar refractivity (Wildman–Crippen MR) is 51.9 cm³/mol. The number of rotatable bonds is 2. The number of hydrogen-bond donors (Lipinski definition) is 0. The van der Waals surface area contributed by atoms with Gasteiger partial charge in [0.2, 0.25) is 0 Å². The summed E-state index contributed by atoms with van der Waals surface area (Å²) in [7, 11) is 0. The first kappa shape index (κ1) is 14.2. The highest BCUT2D eigenvalue weighted by Gasteiger charge is 2.37. The van der Waals surface area contributed by atoms with Crippen LogP contribution < -0.4 is 4.74 Å². The SMILES string of the molecule is FC(F)(F)c1cc(Oc2cn[c]o2)cc(C(F)(F)F)c1. The van der Waals surface area contributed by atoms with Gasteiger partial charge in [0.1, 0.15) is 11.9 Å². The summed E-state index contributed by atoms with van der Waals surface area (Å²) < 4.78 is 84.5. The van der Waals surface area contributed by atoms with Crippen molar-refractivity contribution >= 4 is 0 Å². The molecule has 2 rings (SSSR count). The molecule has 107 valence electrons. The molecular formula is C11H4F6NO2. The highest BCUT2D eigenvalue weighted by molar-refractivity contribution is 5.38. The number of alkyl halides is 6. The summed E-state index contributed by atoms with van der Waals surface area (Å²) >= 11 is 0. The van der Waals surface area contributed by atoms with Gasteiger partial charge >= 0.3 is 18.3 Å². The molecule has 1 aromatic carbocycles. The van der Waals surface area contributed by atoms with Crippen LogP contribution in [0.25, 0.3) is 0 Å². The van der Waals surface area contributed by atoms with Crippen molar-refractivity contribution in [1.82, 2.24) is 4.98 Å². The minimum Gasteiger partial charge on any atom is -0.425 e. The van der Waals surface area contributed by atoms with Crippen LogP contribution in [0.3, 0.4) is 0 Å². The second-order valence-electron chi connectivity index (χ2n) is 3.61. The first-order valence-electron chi connectivity index (χ1n) is 4.95. The van der Waals surface area contributed by atoms with Gasteiger partial charge < -0.3 is 9.15 Å². The zero-order valence-corrected chi connectivity index (χ0v) is 9.34. The normalized spacial score (nSPS) is 12.5. The van der Waals surface area contributed by atoms with Crippen molar-refractivity contribution in [3.8, 4) is 11.7 Å². The monoisotopic (exact) mass is 296 g/mol. The number of halogens is 6. The number of aromatic nitrogens is 1. The summed E-state index contributed by atoms with van der Waals surface area (Å²) in [5.74, 6) is -1.05. The van der Waals surface area contributed by atoms with Crippen LogP contribution in [0.15, 0.2) is 28.8 Å². The van der Waals surface area contributed by atoms with Gasteiger partial charge in [-0.3, -0.25) is 0 Å². The maximum Gasteiger partial charge on any atom is 0.416 e. The highest BCUT2D eigenvalue weighted by Crippen LogP contribution is 2.39. The van der Waals surface area contributed by atoms with E-state index in [4.69, 9.17) is 4.74 Å². The third-order valence-electron chi connectivity index (χ3n) is 2.15. The molecular weight excluding hydrogens is 292 g/mol. The van der Waals surface area contributed by atoms with Crippen LogP contribution in [0.1, 0.15) is 11.1 Å². The molecule has 0 aliphatic carbocycles. The van der Waals surface area contributed by atoms with Crippen molar-refractivity contribution < 1.29 is 35.5 Å². The van der Waals surface area contributed by atoms with Crippen molar-refractivity contribution in [2.45, 2.75) is 12.4 Å². The topological polar surface area (TPSA) is 35.3 Å². The fourth-order valence-electron chi connectivity index (χ4n) is 1.33. The average Bonchev–Trinajstić information content (AvgIpc) is 2.79. The summed E-state index contributed by atoms with van der Waals surface area (Å²) in [4.78, 5) is 3.30. The Balaban J connectivity index is 2.46. The van der Waals surface area contributed by atoms with Crippen LogP contribution in [-0.2, 0) is 12.4 Å². The minimum absolute atomic E-state index is 0.000624. The molecule has 0 aliphatic rings. The fourth-order valence-corrected chi connectivity index (χ4v) is 1.33. The second-order valence-corrected chi connectivity index (χ2v) is 3.61. The van der Waals surface area contributed by atoms with Gasteiger partial charge in [-0.05, 0) is 18.2 Å². The summed E-state index contributed by atoms with van der Waals surface area (Å²) in [6.07, 6.45) is -6.98. The lowest BCUT2D eigenvalue weighted by atomic mass is 10.1. The van der Waals surface area contributed by atoms with E-state index in [1.54, 1.807) is 0 Å². The third kappa shape index (κ3) is 3.22. The maximum absolute atomic E-state index is 12.5. The van der Waals surface area contributed by atoms with E-state index in [1.165, 1.54) is 0 Å². The molecule has 0 unspecified atom stereocenters. The molecule has 0 fully saturated rings. The first-order chi connectivity index (χ1) is 9.16. The molecule has 9 heteroatoms. The Kier molecular flexibility index (Phi) is 3.36. The molecule has 1 radical (unpaired) electrons. The van der Waals surface area contributed by atoms with Crippen LogP contribution in [0, 0.1) is 6.39 Å². The Morgan fingerprint density at radius 3 is 1.90 bits per heavy atom. The predicted octanol–water partition coefficient (Wildman–Crippen LogP) is 4.30. The van der Waals surface area contributed by atoms with E-state index in [0.29, 0.717) is 12.1 Å². The number of oxazole rings is 1. The summed E-state index contributed by atoms with van der Waals surface area (Å²) in [5, 5.41) is 0. The zero-order valence-electron chi connectivity index (χ0n) is 9.34. The highest BCUT2D eigenvalue weighted by atomic mass is 19.4. The molecule has 0 N–H and O–H groups in total. The van der Waals surface area contributed by atoms with Gasteiger partial charge in [-0.2, -0.15) is 26.3 Å². The van der Waals surface area contributed by atoms with Gasteiger partial charge in [0, 0.05) is 0 Å². The van der Waals surface area contributed by atoms with Gasteiger partial charge in [-0.25, -0.2) is 4.98 Å². The molecule has 1 heterocycles. The maximum atomic E-state index is 12.5. The quantitative estimate of drug-likeness (QED) is 0.775. The van der Waals surface area contributed by atoms with E-state index in [-0.39, 0.29) is 12.0 Å². The Hall–Kier alpha value is -2.19. The lowest BCUT2D eigenvalue weighted by Crippen LogP contribution is -2.10.